The predicted octanol–water partition coefficient (Wildman–Crippen LogP) is 4.26. The zero-order chi connectivity index (χ0) is 15.8. The molecule has 0 bridgehead atoms. The number of pyridine rings is 1. The van der Waals surface area contributed by atoms with Crippen LogP contribution in [0.15, 0.2) is 36.7 Å². The van der Waals surface area contributed by atoms with Crippen LogP contribution in [0.3, 0.4) is 0 Å². The Balaban J connectivity index is 2.94. The van der Waals surface area contributed by atoms with Gasteiger partial charge in [-0.1, -0.05) is 13.0 Å². The molecule has 0 saturated heterocycles. The van der Waals surface area contributed by atoms with Gasteiger partial charge in [-0.25, -0.2) is 0 Å². The van der Waals surface area contributed by atoms with Gasteiger partial charge in [0.1, 0.15) is 0 Å². The maximum Gasteiger partial charge on any atom is 0.0647 e. The van der Waals surface area contributed by atoms with E-state index in [0.29, 0.717) is 5.71 Å². The molecule has 0 aliphatic rings. The first-order valence-corrected chi connectivity index (χ1v) is 7.55. The topological polar surface area (TPSA) is 40.0 Å². The molecular weight excluding hydrogens is 258 g/mol. The van der Waals surface area contributed by atoms with E-state index in [-0.39, 0.29) is 0 Å². The Hall–Kier alpha value is -1.90. The van der Waals surface area contributed by atoms with Crippen LogP contribution in [0.2, 0.25) is 0 Å². The molecule has 3 nitrogen and oxygen atoms in total. The highest BCUT2D eigenvalue weighted by Gasteiger charge is 2.08. The van der Waals surface area contributed by atoms with Crippen molar-refractivity contribution < 1.29 is 0 Å². The average molecular weight is 285 g/mol. The Morgan fingerprint density at radius 2 is 2.10 bits per heavy atom. The Morgan fingerprint density at radius 3 is 2.71 bits per heavy atom. The minimum Gasteiger partial charge on any atom is -0.375 e. The lowest BCUT2D eigenvalue weighted by Crippen LogP contribution is -2.24. The first kappa shape index (κ1) is 17.2. The van der Waals surface area contributed by atoms with Gasteiger partial charge in [-0.2, -0.15) is 0 Å². The lowest BCUT2D eigenvalue weighted by molar-refractivity contribution is 0.352. The minimum atomic E-state index is 0.529. The van der Waals surface area contributed by atoms with E-state index < -0.39 is 0 Å². The molecule has 1 aromatic rings. The third-order valence-electron chi connectivity index (χ3n) is 3.46. The number of hydrogen-bond acceptors (Lipinski definition) is 3. The first-order chi connectivity index (χ1) is 9.99. The van der Waals surface area contributed by atoms with E-state index in [9.17, 15) is 0 Å². The fourth-order valence-electron chi connectivity index (χ4n) is 2.27. The van der Waals surface area contributed by atoms with Gasteiger partial charge in [0.2, 0.25) is 0 Å². The summed E-state index contributed by atoms with van der Waals surface area (Å²) in [5.41, 5.74) is 4.56. The SMILES string of the molecule is C=CCCN(CCC)/C(C)=C/C(=N)c1cc(C)cnc1C. The van der Waals surface area contributed by atoms with Crippen LogP contribution < -0.4 is 0 Å². The fraction of sp³-hybridized carbons (Fsp3) is 0.444. The third kappa shape index (κ3) is 5.18. The molecule has 0 saturated carbocycles. The number of rotatable bonds is 8. The van der Waals surface area contributed by atoms with Crippen molar-refractivity contribution in [1.29, 1.82) is 5.41 Å². The maximum atomic E-state index is 8.34. The molecule has 0 aromatic carbocycles. The quantitative estimate of drug-likeness (QED) is 0.572. The van der Waals surface area contributed by atoms with Crippen molar-refractivity contribution in [2.75, 3.05) is 13.1 Å². The molecule has 0 aliphatic heterocycles. The second-order valence-corrected chi connectivity index (χ2v) is 5.41. The summed E-state index contributed by atoms with van der Waals surface area (Å²) in [7, 11) is 0. The van der Waals surface area contributed by atoms with Crippen LogP contribution in [0.4, 0.5) is 0 Å². The molecule has 1 heterocycles. The van der Waals surface area contributed by atoms with Crippen molar-refractivity contribution in [1.82, 2.24) is 9.88 Å². The number of nitrogens with one attached hydrogen (secondary N) is 1. The number of hydrogen-bond donors (Lipinski definition) is 1. The molecule has 114 valence electrons. The highest BCUT2D eigenvalue weighted by Crippen LogP contribution is 2.12. The lowest BCUT2D eigenvalue weighted by Gasteiger charge is -2.24. The second kappa shape index (κ2) is 8.40. The van der Waals surface area contributed by atoms with Crippen molar-refractivity contribution in [3.63, 3.8) is 0 Å². The molecule has 21 heavy (non-hydrogen) atoms. The molecule has 0 radical (unpaired) electrons. The molecule has 1 rings (SSSR count). The van der Waals surface area contributed by atoms with Crippen LogP contribution in [0, 0.1) is 19.3 Å². The van der Waals surface area contributed by atoms with Gasteiger partial charge in [-0.15, -0.1) is 6.58 Å². The van der Waals surface area contributed by atoms with Crippen LogP contribution in [0.1, 0.15) is 43.5 Å². The lowest BCUT2D eigenvalue weighted by atomic mass is 10.1. The fourth-order valence-corrected chi connectivity index (χ4v) is 2.27. The molecule has 0 spiro atoms. The smallest absolute Gasteiger partial charge is 0.0647 e. The summed E-state index contributed by atoms with van der Waals surface area (Å²) in [6.45, 7) is 14.0. The van der Waals surface area contributed by atoms with Gasteiger partial charge in [-0.05, 0) is 51.3 Å². The summed E-state index contributed by atoms with van der Waals surface area (Å²) in [4.78, 5) is 6.66. The van der Waals surface area contributed by atoms with E-state index in [4.69, 9.17) is 5.41 Å². The molecule has 1 aromatic heterocycles. The van der Waals surface area contributed by atoms with E-state index in [1.54, 1.807) is 0 Å². The highest BCUT2D eigenvalue weighted by atomic mass is 15.1. The standard InChI is InChI=1S/C18H27N3/c1-6-8-10-21(9-7-2)15(4)12-18(19)17-11-14(3)13-20-16(17)5/h6,11-13,19H,1,7-10H2,2-5H3/b15-12+,19-18?. The van der Waals surface area contributed by atoms with Crippen molar-refractivity contribution in [3.05, 3.63) is 53.5 Å². The molecule has 0 amide bonds. The molecule has 0 unspecified atom stereocenters. The molecule has 0 atom stereocenters. The van der Waals surface area contributed by atoms with E-state index in [1.165, 1.54) is 0 Å². The van der Waals surface area contributed by atoms with Crippen LogP contribution in [-0.2, 0) is 0 Å². The minimum absolute atomic E-state index is 0.529. The van der Waals surface area contributed by atoms with Crippen molar-refractivity contribution in [3.8, 4) is 0 Å². The van der Waals surface area contributed by atoms with Gasteiger partial charge in [0.25, 0.3) is 0 Å². The molecule has 0 aliphatic carbocycles. The monoisotopic (exact) mass is 285 g/mol. The van der Waals surface area contributed by atoms with Crippen LogP contribution in [-0.4, -0.2) is 28.7 Å². The zero-order valence-electron chi connectivity index (χ0n) is 13.7. The second-order valence-electron chi connectivity index (χ2n) is 5.41. The summed E-state index contributed by atoms with van der Waals surface area (Å²) in [5, 5.41) is 8.34. The van der Waals surface area contributed by atoms with E-state index in [2.05, 4.69) is 30.3 Å². The van der Waals surface area contributed by atoms with Crippen LogP contribution in [0.25, 0.3) is 0 Å². The summed E-state index contributed by atoms with van der Waals surface area (Å²) >= 11 is 0. The van der Waals surface area contributed by atoms with Gasteiger partial charge < -0.3 is 10.3 Å². The third-order valence-corrected chi connectivity index (χ3v) is 3.46. The first-order valence-electron chi connectivity index (χ1n) is 7.55. The molecular formula is C18H27N3. The van der Waals surface area contributed by atoms with Crippen LogP contribution in [0.5, 0.6) is 0 Å². The average Bonchev–Trinajstić information content (AvgIpc) is 2.45. The van der Waals surface area contributed by atoms with Crippen molar-refractivity contribution in [2.45, 2.75) is 40.5 Å². The molecule has 1 N–H and O–H groups in total. The van der Waals surface area contributed by atoms with E-state index >= 15 is 0 Å². The van der Waals surface area contributed by atoms with Gasteiger partial charge in [-0.3, -0.25) is 4.98 Å². The Labute approximate surface area is 128 Å². The highest BCUT2D eigenvalue weighted by molar-refractivity contribution is 6.07. The zero-order valence-corrected chi connectivity index (χ0v) is 13.7. The summed E-state index contributed by atoms with van der Waals surface area (Å²) in [6, 6.07) is 2.03. The van der Waals surface area contributed by atoms with E-state index in [0.717, 1.165) is 48.4 Å². The van der Waals surface area contributed by atoms with Crippen molar-refractivity contribution >= 4 is 5.71 Å². The van der Waals surface area contributed by atoms with Gasteiger partial charge in [0.05, 0.1) is 5.71 Å². The largest absolute Gasteiger partial charge is 0.375 e. The predicted molar refractivity (Wildman–Crippen MR) is 91.0 cm³/mol. The Bertz CT molecular complexity index is 529. The Kier molecular flexibility index (Phi) is 6.86. The summed E-state index contributed by atoms with van der Waals surface area (Å²) in [6.07, 6.45) is 7.79. The number of allylic oxidation sites excluding steroid dienone is 2. The number of aryl methyl sites for hydroxylation is 2. The molecule has 0 fully saturated rings. The van der Waals surface area contributed by atoms with Gasteiger partial charge in [0.15, 0.2) is 0 Å². The summed E-state index contributed by atoms with van der Waals surface area (Å²) < 4.78 is 0. The molecule has 3 heteroatoms. The van der Waals surface area contributed by atoms with Gasteiger partial charge >= 0.3 is 0 Å². The van der Waals surface area contributed by atoms with Gasteiger partial charge in [0, 0.05) is 36.2 Å². The maximum absolute atomic E-state index is 8.34. The number of aromatic nitrogens is 1. The van der Waals surface area contributed by atoms with Crippen molar-refractivity contribution in [2.24, 2.45) is 0 Å². The Morgan fingerprint density at radius 1 is 1.38 bits per heavy atom. The normalized spacial score (nSPS) is 11.3. The number of nitrogens with zero attached hydrogens (tertiary/aromatic N) is 2. The van der Waals surface area contributed by atoms with Crippen LogP contribution >= 0.6 is 0 Å². The van der Waals surface area contributed by atoms with E-state index in [1.807, 2.05) is 38.3 Å². The summed E-state index contributed by atoms with van der Waals surface area (Å²) in [5.74, 6) is 0.